The molecule has 0 aliphatic carbocycles. The van der Waals surface area contributed by atoms with Crippen LogP contribution in [0.1, 0.15) is 64.5 Å². The molecule has 0 saturated heterocycles. The molecule has 0 fully saturated rings. The van der Waals surface area contributed by atoms with E-state index in [-0.39, 0.29) is 125 Å². The minimum atomic E-state index is -4.69. The van der Waals surface area contributed by atoms with E-state index in [0.717, 1.165) is 5.71 Å². The Balaban J connectivity index is 0.00000683. The monoisotopic (exact) mass is 1040 g/mol. The van der Waals surface area contributed by atoms with Gasteiger partial charge in [0.15, 0.2) is 5.71 Å². The standard InChI is InChI=1S/C35H50N4O16S6.3Na/c1-34(2)28-24-26(55-56(40)36-16-22-59(47,48)49)12-14-30(28)38(18-5-7-20-57(41,42)43)32(34)10-9-11-33-35(3,4)29-25-27(61(53,54)37-17-23-60(50,51)52)13-15-31(29)39(33)19-6-8-21-58(44,45)46;;;/h9-15,24-25,36-37H,5-8,16-23H2,1-4H3,(H3-,41,42,43,44,45,46,47,48,49,50,51,52);;;/q;3*+1/p-2. The van der Waals surface area contributed by atoms with Crippen LogP contribution in [0.4, 0.5) is 11.4 Å². The largest absolute Gasteiger partial charge is 1.00 e. The zero-order valence-electron chi connectivity index (χ0n) is 36.6. The fourth-order valence-corrected chi connectivity index (χ4v) is 10.8. The van der Waals surface area contributed by atoms with Gasteiger partial charge in [-0.05, 0) is 75.1 Å². The Morgan fingerprint density at radius 2 is 1.34 bits per heavy atom. The van der Waals surface area contributed by atoms with E-state index in [0.29, 0.717) is 41.2 Å². The molecule has 2 aromatic rings. The second kappa shape index (κ2) is 24.6. The predicted molar refractivity (Wildman–Crippen MR) is 224 cm³/mol. The summed E-state index contributed by atoms with van der Waals surface area (Å²) in [5.41, 5.74) is 2.27. The maximum atomic E-state index is 13.2. The van der Waals surface area contributed by atoms with Crippen LogP contribution in [-0.2, 0) is 72.6 Å². The first kappa shape index (κ1) is 61.9. The summed E-state index contributed by atoms with van der Waals surface area (Å²) < 4.78 is 183. The van der Waals surface area contributed by atoms with Gasteiger partial charge in [-0.2, -0.15) is 17.2 Å². The number of benzene rings is 2. The van der Waals surface area contributed by atoms with Crippen molar-refractivity contribution < 1.29 is 162 Å². The van der Waals surface area contributed by atoms with Crippen molar-refractivity contribution in [2.45, 2.75) is 69.1 Å². The molecule has 3 N–H and O–H groups in total. The minimum absolute atomic E-state index is 0. The molecular formula is C35H48N4Na3O16S6+. The molecule has 2 aliphatic heterocycles. The Bertz CT molecular complexity index is 2690. The molecule has 29 heteroatoms. The molecule has 2 heterocycles. The molecule has 2 aliphatic rings. The van der Waals surface area contributed by atoms with Crippen LogP contribution in [-0.4, -0.2) is 124 Å². The van der Waals surface area contributed by atoms with Crippen LogP contribution in [0.3, 0.4) is 0 Å². The van der Waals surface area contributed by atoms with Crippen LogP contribution < -0.4 is 107 Å². The average Bonchev–Trinajstić information content (AvgIpc) is 3.44. The number of unbranched alkanes of at least 4 members (excludes halogenated alkanes) is 2. The molecule has 0 aromatic heterocycles. The van der Waals surface area contributed by atoms with Gasteiger partial charge in [0.25, 0.3) is 21.4 Å². The Hall–Kier alpha value is -0.150. The van der Waals surface area contributed by atoms with Gasteiger partial charge in [-0.1, -0.05) is 19.9 Å². The Morgan fingerprint density at radius 1 is 0.750 bits per heavy atom. The topological polar surface area (TPSA) is 317 Å². The van der Waals surface area contributed by atoms with E-state index in [9.17, 15) is 64.5 Å². The van der Waals surface area contributed by atoms with Gasteiger partial charge in [0.2, 0.25) is 15.7 Å². The van der Waals surface area contributed by atoms with E-state index in [2.05, 4.69) is 9.44 Å². The predicted octanol–water partition coefficient (Wildman–Crippen LogP) is -7.78. The number of anilines is 1. The fraction of sp³-hybridized carbons (Fsp3) is 0.514. The first-order valence-electron chi connectivity index (χ1n) is 18.6. The smallest absolute Gasteiger partial charge is 0.748 e. The third kappa shape index (κ3) is 18.0. The Kier molecular flexibility index (Phi) is 23.8. The molecule has 1 atom stereocenters. The van der Waals surface area contributed by atoms with E-state index < -0.39 is 109 Å². The molecule has 0 radical (unpaired) electrons. The maximum absolute atomic E-state index is 13.2. The van der Waals surface area contributed by atoms with Crippen LogP contribution in [0, 0.1) is 0 Å². The van der Waals surface area contributed by atoms with Crippen molar-refractivity contribution in [2.24, 2.45) is 0 Å². The molecule has 0 bridgehead atoms. The number of rotatable bonds is 23. The number of nitrogens with one attached hydrogen (secondary N) is 2. The van der Waals surface area contributed by atoms with Crippen molar-refractivity contribution >= 4 is 78.8 Å². The number of allylic oxidation sites excluding steroid dienone is 4. The Morgan fingerprint density at radius 3 is 1.94 bits per heavy atom. The first-order chi connectivity index (χ1) is 27.9. The molecule has 20 nitrogen and oxygen atoms in total. The summed E-state index contributed by atoms with van der Waals surface area (Å²) in [4.78, 5) is 1.68. The van der Waals surface area contributed by atoms with Crippen LogP contribution in [0.25, 0.3) is 0 Å². The molecule has 342 valence electrons. The van der Waals surface area contributed by atoms with Crippen LogP contribution >= 0.6 is 0 Å². The summed E-state index contributed by atoms with van der Waals surface area (Å²) >= 11 is -2.21. The van der Waals surface area contributed by atoms with Gasteiger partial charge >= 0.3 is 88.7 Å². The van der Waals surface area contributed by atoms with Gasteiger partial charge in [0.1, 0.15) is 12.3 Å². The Labute approximate surface area is 445 Å². The molecule has 0 saturated carbocycles. The summed E-state index contributed by atoms with van der Waals surface area (Å²) in [6.45, 7) is 6.97. The SMILES string of the molecule is CC1(C)C(/C=C/C=C2\N(CCCCS(=O)(=O)[O-])c3ccc(S(=O)(=O)NCCS(=O)(=O)[O-])cc3C2(C)C)=[N+](CCCCS(=O)(=O)O)c2ccc(OS(=O)NCCS(=O)(=O)[O-])cc21.[Na+].[Na+].[Na+]. The number of fused-ring (bicyclic) bond motifs is 2. The maximum Gasteiger partial charge on any atom is 1.00 e. The number of sulfonamides is 1. The van der Waals surface area contributed by atoms with E-state index in [1.165, 1.54) is 18.2 Å². The van der Waals surface area contributed by atoms with Gasteiger partial charge < -0.3 is 22.7 Å². The van der Waals surface area contributed by atoms with Gasteiger partial charge in [0.05, 0.1) is 57.9 Å². The molecule has 2 aromatic carbocycles. The summed E-state index contributed by atoms with van der Waals surface area (Å²) in [5, 5.41) is 0. The number of nitrogens with zero attached hydrogens (tertiary/aromatic N) is 2. The van der Waals surface area contributed by atoms with Crippen molar-refractivity contribution in [2.75, 3.05) is 54.1 Å². The molecule has 64 heavy (non-hydrogen) atoms. The van der Waals surface area contributed by atoms with E-state index in [1.807, 2.05) is 43.2 Å². The second-order valence-corrected chi connectivity index (χ2v) is 24.1. The van der Waals surface area contributed by atoms with Crippen LogP contribution in [0.15, 0.2) is 65.2 Å². The third-order valence-electron chi connectivity index (χ3n) is 9.99. The summed E-state index contributed by atoms with van der Waals surface area (Å²) in [6, 6.07) is 9.17. The van der Waals surface area contributed by atoms with Gasteiger partial charge in [-0.15, -0.1) is 0 Å². The first-order valence-corrected chi connectivity index (χ1v) is 27.5. The van der Waals surface area contributed by atoms with Crippen molar-refractivity contribution in [1.29, 1.82) is 0 Å². The second-order valence-electron chi connectivity index (χ2n) is 15.3. The fourth-order valence-electron chi connectivity index (χ4n) is 7.09. The number of hydrogen-bond acceptors (Lipinski definition) is 16. The zero-order chi connectivity index (χ0) is 45.8. The molecule has 4 rings (SSSR count). The van der Waals surface area contributed by atoms with Gasteiger partial charge in [0, 0.05) is 66.3 Å². The van der Waals surface area contributed by atoms with Gasteiger partial charge in [-0.3, -0.25) is 4.55 Å². The molecule has 0 spiro atoms. The van der Waals surface area contributed by atoms with Crippen molar-refractivity contribution in [1.82, 2.24) is 9.44 Å². The van der Waals surface area contributed by atoms with Crippen molar-refractivity contribution in [3.05, 3.63) is 71.5 Å². The quantitative estimate of drug-likeness (QED) is 0.0403. The van der Waals surface area contributed by atoms with Crippen LogP contribution in [0.2, 0.25) is 0 Å². The van der Waals surface area contributed by atoms with E-state index in [4.69, 9.17) is 4.18 Å². The van der Waals surface area contributed by atoms with Crippen molar-refractivity contribution in [3.8, 4) is 5.75 Å². The summed E-state index contributed by atoms with van der Waals surface area (Å²) in [5.74, 6) is -2.65. The van der Waals surface area contributed by atoms with Crippen molar-refractivity contribution in [3.63, 3.8) is 0 Å². The molecule has 0 amide bonds. The molecule has 1 unspecified atom stereocenters. The summed E-state index contributed by atoms with van der Waals surface area (Å²) in [7, 11) is -22.2. The van der Waals surface area contributed by atoms with Gasteiger partial charge in [-0.25, -0.2) is 43.1 Å². The van der Waals surface area contributed by atoms with Crippen LogP contribution in [0.5, 0.6) is 5.75 Å². The number of hydrogen-bond donors (Lipinski definition) is 3. The minimum Gasteiger partial charge on any atom is -0.748 e. The third-order valence-corrected chi connectivity index (χ3v) is 15.2. The zero-order valence-corrected chi connectivity index (χ0v) is 47.5. The van der Waals surface area contributed by atoms with E-state index in [1.54, 1.807) is 30.4 Å². The normalized spacial score (nSPS) is 17.1. The average molecular weight is 1040 g/mol. The molecular weight excluding hydrogens is 994 g/mol. The summed E-state index contributed by atoms with van der Waals surface area (Å²) in [6.07, 6.45) is 6.17. The van der Waals surface area contributed by atoms with E-state index >= 15 is 0 Å².